The molecule has 0 aliphatic rings. The van der Waals surface area contributed by atoms with Crippen molar-refractivity contribution in [3.05, 3.63) is 93.7 Å². The van der Waals surface area contributed by atoms with Gasteiger partial charge in [-0.25, -0.2) is 4.98 Å². The van der Waals surface area contributed by atoms with Gasteiger partial charge in [-0.2, -0.15) is 9.78 Å². The number of rotatable bonds is 6. The molecule has 0 radical (unpaired) electrons. The molecular formula is C27H23Br4N3O3. The van der Waals surface area contributed by atoms with Crippen LogP contribution in [-0.4, -0.2) is 23.0 Å². The maximum absolute atomic E-state index is 13.4. The number of hydrogen-bond donors (Lipinski definition) is 0. The van der Waals surface area contributed by atoms with E-state index in [1.165, 1.54) is 4.68 Å². The molecule has 37 heavy (non-hydrogen) atoms. The maximum Gasteiger partial charge on any atom is 0.282 e. The minimum absolute atomic E-state index is 0.237. The molecule has 0 unspecified atom stereocenters. The van der Waals surface area contributed by atoms with E-state index >= 15 is 0 Å². The van der Waals surface area contributed by atoms with Gasteiger partial charge in [0.15, 0.2) is 11.5 Å². The first-order valence-electron chi connectivity index (χ1n) is 11.2. The molecule has 192 valence electrons. The van der Waals surface area contributed by atoms with Gasteiger partial charge in [-0.15, -0.1) is 0 Å². The van der Waals surface area contributed by atoms with E-state index in [9.17, 15) is 4.79 Å². The second-order valence-electron chi connectivity index (χ2n) is 9.27. The Labute approximate surface area is 248 Å². The quantitative estimate of drug-likeness (QED) is 0.186. The van der Waals surface area contributed by atoms with Gasteiger partial charge in [0, 0.05) is 24.4 Å². The van der Waals surface area contributed by atoms with Gasteiger partial charge in [0.05, 0.1) is 28.7 Å². The monoisotopic (exact) mass is 753 g/mol. The second-order valence-corrected chi connectivity index (χ2v) is 12.8. The Hall–Kier alpha value is -2.01. The summed E-state index contributed by atoms with van der Waals surface area (Å²) in [4.78, 5) is 18.2. The van der Waals surface area contributed by atoms with E-state index in [2.05, 4.69) is 68.8 Å². The SMILES string of the molecule is COc1cc(C=Nn2c(C(C)(C)C)nc3ccc(Br)cc3c2=O)cc(Br)c1OCc1ccc(Br)cc1Br. The number of aromatic nitrogens is 2. The summed E-state index contributed by atoms with van der Waals surface area (Å²) >= 11 is 14.1. The summed E-state index contributed by atoms with van der Waals surface area (Å²) in [5, 5.41) is 5.04. The molecule has 0 amide bonds. The number of fused-ring (bicyclic) bond motifs is 1. The van der Waals surface area contributed by atoms with Crippen LogP contribution < -0.4 is 15.0 Å². The van der Waals surface area contributed by atoms with E-state index in [-0.39, 0.29) is 5.56 Å². The van der Waals surface area contributed by atoms with E-state index in [4.69, 9.17) is 14.5 Å². The molecule has 0 saturated heterocycles. The summed E-state index contributed by atoms with van der Waals surface area (Å²) in [6, 6.07) is 15.1. The fourth-order valence-electron chi connectivity index (χ4n) is 3.61. The normalized spacial score (nSPS) is 11.9. The zero-order chi connectivity index (χ0) is 26.9. The third kappa shape index (κ3) is 6.35. The zero-order valence-corrected chi connectivity index (χ0v) is 26.8. The zero-order valence-electron chi connectivity index (χ0n) is 20.5. The lowest BCUT2D eigenvalue weighted by molar-refractivity contribution is 0.282. The van der Waals surface area contributed by atoms with Gasteiger partial charge in [-0.1, -0.05) is 74.6 Å². The highest BCUT2D eigenvalue weighted by atomic mass is 79.9. The van der Waals surface area contributed by atoms with E-state index in [1.807, 2.05) is 63.2 Å². The Morgan fingerprint density at radius 2 is 1.68 bits per heavy atom. The molecule has 4 aromatic rings. The van der Waals surface area contributed by atoms with Gasteiger partial charge < -0.3 is 9.47 Å². The number of hydrogen-bond acceptors (Lipinski definition) is 5. The van der Waals surface area contributed by atoms with Crippen LogP contribution in [0.1, 0.15) is 37.7 Å². The summed E-state index contributed by atoms with van der Waals surface area (Å²) in [7, 11) is 1.58. The number of halogens is 4. The molecule has 6 nitrogen and oxygen atoms in total. The summed E-state index contributed by atoms with van der Waals surface area (Å²) in [5.41, 5.74) is 1.70. The van der Waals surface area contributed by atoms with Gasteiger partial charge in [0.2, 0.25) is 0 Å². The van der Waals surface area contributed by atoms with E-state index in [0.29, 0.717) is 39.3 Å². The minimum atomic E-state index is -0.408. The summed E-state index contributed by atoms with van der Waals surface area (Å²) in [6.07, 6.45) is 1.62. The molecule has 1 heterocycles. The first-order valence-corrected chi connectivity index (χ1v) is 14.4. The van der Waals surface area contributed by atoms with Crippen molar-refractivity contribution in [1.29, 1.82) is 0 Å². The largest absolute Gasteiger partial charge is 0.493 e. The first kappa shape index (κ1) is 28.0. The minimum Gasteiger partial charge on any atom is -0.493 e. The molecular weight excluding hydrogens is 734 g/mol. The molecule has 0 aliphatic heterocycles. The van der Waals surface area contributed by atoms with E-state index in [1.54, 1.807) is 19.4 Å². The Balaban J connectivity index is 1.71. The lowest BCUT2D eigenvalue weighted by atomic mass is 9.95. The highest BCUT2D eigenvalue weighted by molar-refractivity contribution is 9.11. The Morgan fingerprint density at radius 1 is 0.973 bits per heavy atom. The van der Waals surface area contributed by atoms with Crippen molar-refractivity contribution in [2.24, 2.45) is 5.10 Å². The Morgan fingerprint density at radius 3 is 2.35 bits per heavy atom. The molecule has 0 spiro atoms. The van der Waals surface area contributed by atoms with Crippen molar-refractivity contribution in [3.8, 4) is 11.5 Å². The molecule has 0 saturated carbocycles. The average molecular weight is 757 g/mol. The van der Waals surface area contributed by atoms with Crippen LogP contribution in [0.25, 0.3) is 10.9 Å². The number of benzene rings is 3. The van der Waals surface area contributed by atoms with Crippen LogP contribution in [0, 0.1) is 0 Å². The molecule has 10 heteroatoms. The van der Waals surface area contributed by atoms with Crippen LogP contribution in [-0.2, 0) is 12.0 Å². The van der Waals surface area contributed by atoms with Crippen LogP contribution in [0.15, 0.2) is 76.3 Å². The van der Waals surface area contributed by atoms with Crippen molar-refractivity contribution < 1.29 is 9.47 Å². The van der Waals surface area contributed by atoms with Crippen LogP contribution in [0.3, 0.4) is 0 Å². The predicted octanol–water partition coefficient (Wildman–Crippen LogP) is 8.21. The predicted molar refractivity (Wildman–Crippen MR) is 162 cm³/mol. The number of nitrogens with zero attached hydrogens (tertiary/aromatic N) is 3. The summed E-state index contributed by atoms with van der Waals surface area (Å²) in [5.74, 6) is 1.67. The number of ether oxygens (including phenoxy) is 2. The van der Waals surface area contributed by atoms with Gasteiger partial charge >= 0.3 is 0 Å². The fraction of sp³-hybridized carbons (Fsp3) is 0.222. The highest BCUT2D eigenvalue weighted by Gasteiger charge is 2.23. The van der Waals surface area contributed by atoms with E-state index in [0.717, 1.165) is 24.5 Å². The van der Waals surface area contributed by atoms with Gasteiger partial charge in [-0.05, 0) is 64.0 Å². The molecule has 1 aromatic heterocycles. The molecule has 0 bridgehead atoms. The van der Waals surface area contributed by atoms with Crippen LogP contribution >= 0.6 is 63.7 Å². The molecule has 3 aromatic carbocycles. The fourth-order valence-corrected chi connectivity index (χ4v) is 5.71. The third-order valence-electron chi connectivity index (χ3n) is 5.44. The van der Waals surface area contributed by atoms with Crippen molar-refractivity contribution in [3.63, 3.8) is 0 Å². The highest BCUT2D eigenvalue weighted by Crippen LogP contribution is 2.37. The van der Waals surface area contributed by atoms with Crippen molar-refractivity contribution in [1.82, 2.24) is 9.66 Å². The van der Waals surface area contributed by atoms with E-state index < -0.39 is 5.41 Å². The molecule has 0 atom stereocenters. The summed E-state index contributed by atoms with van der Waals surface area (Å²) in [6.45, 7) is 6.35. The van der Waals surface area contributed by atoms with Crippen molar-refractivity contribution in [2.45, 2.75) is 32.8 Å². The molecule has 0 N–H and O–H groups in total. The lowest BCUT2D eigenvalue weighted by Gasteiger charge is -2.21. The first-order chi connectivity index (χ1) is 17.5. The third-order valence-corrected chi connectivity index (χ3v) is 7.75. The van der Waals surface area contributed by atoms with Crippen LogP contribution in [0.5, 0.6) is 11.5 Å². The second kappa shape index (κ2) is 11.4. The van der Waals surface area contributed by atoms with Crippen molar-refractivity contribution >= 4 is 80.8 Å². The van der Waals surface area contributed by atoms with Crippen LogP contribution in [0.2, 0.25) is 0 Å². The Bertz CT molecular complexity index is 1580. The lowest BCUT2D eigenvalue weighted by Crippen LogP contribution is -2.29. The van der Waals surface area contributed by atoms with Gasteiger partial charge in [0.1, 0.15) is 12.4 Å². The smallest absolute Gasteiger partial charge is 0.282 e. The van der Waals surface area contributed by atoms with Gasteiger partial charge in [0.25, 0.3) is 5.56 Å². The Kier molecular flexibility index (Phi) is 8.62. The standard InChI is InChI=1S/C27H23Br4N3O3/c1-27(2,3)26-33-22-8-7-17(28)11-19(22)25(35)34(26)32-13-15-9-21(31)24(23(10-15)36-4)37-14-16-5-6-18(29)12-20(16)30/h5-13H,14H2,1-4H3. The topological polar surface area (TPSA) is 65.7 Å². The number of methoxy groups -OCH3 is 1. The van der Waals surface area contributed by atoms with Gasteiger partial charge in [-0.3, -0.25) is 4.79 Å². The average Bonchev–Trinajstić information content (AvgIpc) is 2.83. The summed E-state index contributed by atoms with van der Waals surface area (Å²) < 4.78 is 16.5. The molecule has 0 aliphatic carbocycles. The van der Waals surface area contributed by atoms with Crippen molar-refractivity contribution in [2.75, 3.05) is 7.11 Å². The van der Waals surface area contributed by atoms with Crippen LogP contribution in [0.4, 0.5) is 0 Å². The molecule has 0 fully saturated rings. The maximum atomic E-state index is 13.4. The molecule has 4 rings (SSSR count).